The van der Waals surface area contributed by atoms with E-state index in [1.165, 1.54) is 0 Å². The van der Waals surface area contributed by atoms with Crippen molar-refractivity contribution in [2.45, 2.75) is 24.5 Å². The lowest BCUT2D eigenvalue weighted by atomic mass is 10.2. The van der Waals surface area contributed by atoms with Gasteiger partial charge in [-0.1, -0.05) is 0 Å². The lowest BCUT2D eigenvalue weighted by Crippen LogP contribution is -2.44. The SMILES string of the molecule is O=C(COCC(F)(F)C(F)F)N[C@H]1COC[C@@H]1O. The first-order valence-electron chi connectivity index (χ1n) is 5.12. The quantitative estimate of drug-likeness (QED) is 0.658. The summed E-state index contributed by atoms with van der Waals surface area (Å²) in [5.74, 6) is -5.06. The molecule has 0 aromatic heterocycles. The van der Waals surface area contributed by atoms with Crippen LogP contribution in [0.15, 0.2) is 0 Å². The molecule has 2 atom stereocenters. The molecule has 5 nitrogen and oxygen atoms in total. The van der Waals surface area contributed by atoms with E-state index < -0.39 is 43.6 Å². The number of aliphatic hydroxyl groups is 1. The number of hydrogen-bond acceptors (Lipinski definition) is 4. The van der Waals surface area contributed by atoms with E-state index in [1.54, 1.807) is 0 Å². The predicted molar refractivity (Wildman–Crippen MR) is 50.5 cm³/mol. The minimum absolute atomic E-state index is 0.0647. The molecule has 0 bridgehead atoms. The van der Waals surface area contributed by atoms with Gasteiger partial charge in [-0.3, -0.25) is 4.79 Å². The number of rotatable bonds is 6. The summed E-state index contributed by atoms with van der Waals surface area (Å²) in [4.78, 5) is 11.2. The second-order valence-corrected chi connectivity index (χ2v) is 3.83. The maximum Gasteiger partial charge on any atom is 0.330 e. The first-order chi connectivity index (χ1) is 8.33. The Morgan fingerprint density at radius 2 is 2.17 bits per heavy atom. The van der Waals surface area contributed by atoms with Gasteiger partial charge in [0.25, 0.3) is 0 Å². The summed E-state index contributed by atoms with van der Waals surface area (Å²) >= 11 is 0. The summed E-state index contributed by atoms with van der Waals surface area (Å²) in [5, 5.41) is 11.5. The summed E-state index contributed by atoms with van der Waals surface area (Å²) in [7, 11) is 0. The summed E-state index contributed by atoms with van der Waals surface area (Å²) in [6, 6.07) is -0.642. The molecule has 0 aliphatic carbocycles. The van der Waals surface area contributed by atoms with Crippen molar-refractivity contribution in [2.75, 3.05) is 26.4 Å². The zero-order chi connectivity index (χ0) is 13.8. The number of halogens is 4. The van der Waals surface area contributed by atoms with Crippen LogP contribution < -0.4 is 5.32 Å². The molecule has 106 valence electrons. The van der Waals surface area contributed by atoms with Crippen LogP contribution in [-0.2, 0) is 14.3 Å². The minimum Gasteiger partial charge on any atom is -0.388 e. The van der Waals surface area contributed by atoms with E-state index >= 15 is 0 Å². The Labute approximate surface area is 100 Å². The van der Waals surface area contributed by atoms with Crippen LogP contribution in [0.3, 0.4) is 0 Å². The van der Waals surface area contributed by atoms with E-state index in [2.05, 4.69) is 10.1 Å². The molecule has 0 radical (unpaired) electrons. The second-order valence-electron chi connectivity index (χ2n) is 3.83. The Kier molecular flexibility index (Phi) is 5.29. The van der Waals surface area contributed by atoms with Gasteiger partial charge in [-0.2, -0.15) is 8.78 Å². The molecule has 1 aliphatic heterocycles. The number of alkyl halides is 4. The largest absolute Gasteiger partial charge is 0.388 e. The van der Waals surface area contributed by atoms with E-state index in [1.807, 2.05) is 0 Å². The van der Waals surface area contributed by atoms with E-state index in [9.17, 15) is 27.5 Å². The Morgan fingerprint density at radius 3 is 2.67 bits per heavy atom. The second kappa shape index (κ2) is 6.30. The molecule has 1 saturated heterocycles. The summed E-state index contributed by atoms with van der Waals surface area (Å²) in [6.07, 6.45) is -4.72. The lowest BCUT2D eigenvalue weighted by Gasteiger charge is -2.17. The van der Waals surface area contributed by atoms with Crippen LogP contribution in [0.25, 0.3) is 0 Å². The van der Waals surface area contributed by atoms with Gasteiger partial charge < -0.3 is 19.9 Å². The van der Waals surface area contributed by atoms with E-state index in [0.717, 1.165) is 0 Å². The van der Waals surface area contributed by atoms with Crippen molar-refractivity contribution >= 4 is 5.91 Å². The average Bonchev–Trinajstić information content (AvgIpc) is 2.64. The molecule has 0 aromatic rings. The van der Waals surface area contributed by atoms with Crippen LogP contribution >= 0.6 is 0 Å². The first kappa shape index (κ1) is 15.1. The molecule has 0 saturated carbocycles. The molecule has 1 rings (SSSR count). The molecule has 2 N–H and O–H groups in total. The number of amides is 1. The maximum absolute atomic E-state index is 12.4. The third kappa shape index (κ3) is 4.39. The predicted octanol–water partition coefficient (Wildman–Crippen LogP) is -0.221. The fraction of sp³-hybridized carbons (Fsp3) is 0.889. The van der Waals surface area contributed by atoms with Crippen LogP contribution in [-0.4, -0.2) is 61.9 Å². The zero-order valence-corrected chi connectivity index (χ0v) is 9.24. The lowest BCUT2D eigenvalue weighted by molar-refractivity contribution is -0.168. The van der Waals surface area contributed by atoms with E-state index in [4.69, 9.17) is 4.74 Å². The first-order valence-corrected chi connectivity index (χ1v) is 5.12. The molecule has 0 spiro atoms. The highest BCUT2D eigenvalue weighted by molar-refractivity contribution is 5.77. The molecular formula is C9H13F4NO4. The van der Waals surface area contributed by atoms with Crippen LogP contribution in [0.4, 0.5) is 17.6 Å². The van der Waals surface area contributed by atoms with Crippen molar-refractivity contribution in [3.8, 4) is 0 Å². The van der Waals surface area contributed by atoms with Crippen molar-refractivity contribution in [2.24, 2.45) is 0 Å². The highest BCUT2D eigenvalue weighted by Gasteiger charge is 2.41. The summed E-state index contributed by atoms with van der Waals surface area (Å²) in [6.45, 7) is -2.16. The van der Waals surface area contributed by atoms with Crippen molar-refractivity contribution < 1.29 is 36.9 Å². The monoisotopic (exact) mass is 275 g/mol. The fourth-order valence-corrected chi connectivity index (χ4v) is 1.27. The van der Waals surface area contributed by atoms with Gasteiger partial charge in [-0.25, -0.2) is 8.78 Å². The zero-order valence-electron chi connectivity index (χ0n) is 9.24. The van der Waals surface area contributed by atoms with E-state index in [-0.39, 0.29) is 13.2 Å². The van der Waals surface area contributed by atoms with Crippen molar-refractivity contribution in [1.82, 2.24) is 5.32 Å². The highest BCUT2D eigenvalue weighted by Crippen LogP contribution is 2.22. The third-order valence-electron chi connectivity index (χ3n) is 2.24. The van der Waals surface area contributed by atoms with Crippen LogP contribution in [0.5, 0.6) is 0 Å². The van der Waals surface area contributed by atoms with Gasteiger partial charge in [0.1, 0.15) is 13.2 Å². The van der Waals surface area contributed by atoms with Gasteiger partial charge in [0.15, 0.2) is 0 Å². The fourth-order valence-electron chi connectivity index (χ4n) is 1.27. The molecular weight excluding hydrogens is 262 g/mol. The number of nitrogens with one attached hydrogen (secondary N) is 1. The van der Waals surface area contributed by atoms with Gasteiger partial charge in [0.2, 0.25) is 5.91 Å². The molecule has 1 fully saturated rings. The van der Waals surface area contributed by atoms with Crippen molar-refractivity contribution in [1.29, 1.82) is 0 Å². The summed E-state index contributed by atoms with van der Waals surface area (Å²) in [5.41, 5.74) is 0. The molecule has 0 aromatic carbocycles. The Balaban J connectivity index is 2.21. The van der Waals surface area contributed by atoms with Crippen LogP contribution in [0.2, 0.25) is 0 Å². The van der Waals surface area contributed by atoms with Crippen LogP contribution in [0, 0.1) is 0 Å². The van der Waals surface area contributed by atoms with Gasteiger partial charge in [-0.15, -0.1) is 0 Å². The molecule has 1 aliphatic rings. The van der Waals surface area contributed by atoms with Crippen molar-refractivity contribution in [3.63, 3.8) is 0 Å². The molecule has 18 heavy (non-hydrogen) atoms. The Bertz CT molecular complexity index is 290. The normalized spacial score (nSPS) is 24.6. The third-order valence-corrected chi connectivity index (χ3v) is 2.24. The molecule has 9 heteroatoms. The van der Waals surface area contributed by atoms with Crippen LogP contribution in [0.1, 0.15) is 0 Å². The average molecular weight is 275 g/mol. The Morgan fingerprint density at radius 1 is 1.50 bits per heavy atom. The minimum atomic E-state index is -4.28. The molecule has 1 amide bonds. The van der Waals surface area contributed by atoms with Crippen molar-refractivity contribution in [3.05, 3.63) is 0 Å². The number of carbonyl (C=O) groups excluding carboxylic acids is 1. The van der Waals surface area contributed by atoms with Gasteiger partial charge in [0, 0.05) is 0 Å². The van der Waals surface area contributed by atoms with Gasteiger partial charge >= 0.3 is 12.3 Å². The van der Waals surface area contributed by atoms with Gasteiger partial charge in [-0.05, 0) is 0 Å². The molecule has 0 unspecified atom stereocenters. The van der Waals surface area contributed by atoms with E-state index in [0.29, 0.717) is 0 Å². The Hall–Kier alpha value is -0.930. The highest BCUT2D eigenvalue weighted by atomic mass is 19.3. The number of ether oxygens (including phenoxy) is 2. The number of carbonyl (C=O) groups is 1. The number of aliphatic hydroxyl groups excluding tert-OH is 1. The number of hydrogen-bond donors (Lipinski definition) is 2. The smallest absolute Gasteiger partial charge is 0.330 e. The van der Waals surface area contributed by atoms with Gasteiger partial charge in [0.05, 0.1) is 25.4 Å². The topological polar surface area (TPSA) is 67.8 Å². The molecule has 1 heterocycles. The maximum atomic E-state index is 12.4. The summed E-state index contributed by atoms with van der Waals surface area (Å²) < 4.78 is 57.3. The standard InChI is InChI=1S/C9H13F4NO4/c10-8(11)9(12,13)4-18-3-7(16)14-5-1-17-2-6(5)15/h5-6,8,15H,1-4H2,(H,14,16)/t5-,6-/m0/s1.